The largest absolute Gasteiger partial charge is 0.416 e. The average Bonchev–Trinajstić information content (AvgIpc) is 2.95. The molecule has 1 N–H and O–H groups in total. The van der Waals surface area contributed by atoms with Gasteiger partial charge in [-0.2, -0.15) is 13.2 Å². The van der Waals surface area contributed by atoms with Gasteiger partial charge in [-0.15, -0.1) is 0 Å². The standard InChI is InChI=1S/C17H13F3N2O3S/c1-11-15(22-26(23,24)14-5-3-2-4-6-14)16(21-25-11)12-7-9-13(10-8-12)17(18,19)20/h2-10,22H,1H3. The Morgan fingerprint density at radius 2 is 1.62 bits per heavy atom. The highest BCUT2D eigenvalue weighted by Gasteiger charge is 2.30. The van der Waals surface area contributed by atoms with E-state index in [1.165, 1.54) is 31.2 Å². The second kappa shape index (κ2) is 6.49. The van der Waals surface area contributed by atoms with Crippen molar-refractivity contribution in [2.75, 3.05) is 4.72 Å². The summed E-state index contributed by atoms with van der Waals surface area (Å²) in [5.74, 6) is 0.194. The molecule has 26 heavy (non-hydrogen) atoms. The molecule has 0 fully saturated rings. The van der Waals surface area contributed by atoms with Gasteiger partial charge in [-0.25, -0.2) is 8.42 Å². The molecule has 0 amide bonds. The maximum atomic E-state index is 12.7. The van der Waals surface area contributed by atoms with Crippen LogP contribution >= 0.6 is 0 Å². The Morgan fingerprint density at radius 1 is 1.00 bits per heavy atom. The van der Waals surface area contributed by atoms with Crippen molar-refractivity contribution in [1.82, 2.24) is 5.16 Å². The third-order valence-electron chi connectivity index (χ3n) is 3.64. The van der Waals surface area contributed by atoms with Crippen LogP contribution in [-0.2, 0) is 16.2 Å². The van der Waals surface area contributed by atoms with Crippen LogP contribution < -0.4 is 4.72 Å². The van der Waals surface area contributed by atoms with Crippen molar-refractivity contribution in [3.63, 3.8) is 0 Å². The highest BCUT2D eigenvalue weighted by atomic mass is 32.2. The molecule has 0 aliphatic rings. The monoisotopic (exact) mass is 382 g/mol. The fraction of sp³-hybridized carbons (Fsp3) is 0.118. The van der Waals surface area contributed by atoms with Gasteiger partial charge >= 0.3 is 6.18 Å². The number of rotatable bonds is 4. The number of hydrogen-bond acceptors (Lipinski definition) is 4. The van der Waals surface area contributed by atoms with Crippen LogP contribution in [0.3, 0.4) is 0 Å². The van der Waals surface area contributed by atoms with Crippen LogP contribution in [0, 0.1) is 6.92 Å². The molecule has 0 bridgehead atoms. The summed E-state index contributed by atoms with van der Waals surface area (Å²) in [5.41, 5.74) is -0.335. The first-order valence-electron chi connectivity index (χ1n) is 7.40. The molecule has 0 saturated heterocycles. The average molecular weight is 382 g/mol. The smallest absolute Gasteiger partial charge is 0.359 e. The molecule has 136 valence electrons. The molecule has 0 radical (unpaired) electrons. The zero-order valence-corrected chi connectivity index (χ0v) is 14.2. The van der Waals surface area contributed by atoms with E-state index in [4.69, 9.17) is 4.52 Å². The van der Waals surface area contributed by atoms with Crippen LogP contribution in [-0.4, -0.2) is 13.6 Å². The second-order valence-corrected chi connectivity index (χ2v) is 7.14. The van der Waals surface area contributed by atoms with Gasteiger partial charge in [0.25, 0.3) is 10.0 Å². The summed E-state index contributed by atoms with van der Waals surface area (Å²) in [5, 5.41) is 3.77. The Labute approximate surface area is 147 Å². The van der Waals surface area contributed by atoms with E-state index in [-0.39, 0.29) is 22.0 Å². The Kier molecular flexibility index (Phi) is 4.49. The van der Waals surface area contributed by atoms with E-state index in [1.54, 1.807) is 18.2 Å². The minimum absolute atomic E-state index is 0.0407. The summed E-state index contributed by atoms with van der Waals surface area (Å²) in [6, 6.07) is 11.9. The topological polar surface area (TPSA) is 72.2 Å². The summed E-state index contributed by atoms with van der Waals surface area (Å²) in [7, 11) is -3.90. The van der Waals surface area contributed by atoms with Gasteiger partial charge in [-0.1, -0.05) is 35.5 Å². The van der Waals surface area contributed by atoms with Crippen molar-refractivity contribution in [3.05, 3.63) is 65.9 Å². The van der Waals surface area contributed by atoms with E-state index < -0.39 is 21.8 Å². The summed E-state index contributed by atoms with van der Waals surface area (Å²) in [6.07, 6.45) is -4.46. The number of hydrogen-bond donors (Lipinski definition) is 1. The van der Waals surface area contributed by atoms with Crippen LogP contribution in [0.4, 0.5) is 18.9 Å². The Morgan fingerprint density at radius 3 is 2.19 bits per heavy atom. The third-order valence-corrected chi connectivity index (χ3v) is 5.00. The van der Waals surface area contributed by atoms with Crippen LogP contribution in [0.25, 0.3) is 11.3 Å². The fourth-order valence-corrected chi connectivity index (χ4v) is 3.44. The summed E-state index contributed by atoms with van der Waals surface area (Å²) < 4.78 is 70.5. The molecule has 1 heterocycles. The number of aromatic nitrogens is 1. The number of anilines is 1. The Balaban J connectivity index is 1.98. The number of sulfonamides is 1. The van der Waals surface area contributed by atoms with Gasteiger partial charge in [0.2, 0.25) is 0 Å². The Hall–Kier alpha value is -2.81. The number of aryl methyl sites for hydroxylation is 1. The summed E-state index contributed by atoms with van der Waals surface area (Å²) in [6.45, 7) is 1.50. The molecule has 0 aliphatic heterocycles. The van der Waals surface area contributed by atoms with Crippen molar-refractivity contribution in [3.8, 4) is 11.3 Å². The second-order valence-electron chi connectivity index (χ2n) is 5.46. The van der Waals surface area contributed by atoms with E-state index in [9.17, 15) is 21.6 Å². The van der Waals surface area contributed by atoms with Gasteiger partial charge in [-0.3, -0.25) is 4.72 Å². The molecule has 1 aromatic heterocycles. The van der Waals surface area contributed by atoms with E-state index in [2.05, 4.69) is 9.88 Å². The van der Waals surface area contributed by atoms with E-state index in [0.29, 0.717) is 5.56 Å². The maximum absolute atomic E-state index is 12.7. The number of alkyl halides is 3. The highest BCUT2D eigenvalue weighted by molar-refractivity contribution is 7.92. The van der Waals surface area contributed by atoms with Crippen molar-refractivity contribution in [2.45, 2.75) is 18.0 Å². The van der Waals surface area contributed by atoms with Crippen molar-refractivity contribution in [2.24, 2.45) is 0 Å². The molecule has 3 aromatic rings. The molecule has 0 aliphatic carbocycles. The van der Waals surface area contributed by atoms with Crippen LogP contribution in [0.5, 0.6) is 0 Å². The molecule has 2 aromatic carbocycles. The van der Waals surface area contributed by atoms with Gasteiger partial charge in [0, 0.05) is 5.56 Å². The lowest BCUT2D eigenvalue weighted by molar-refractivity contribution is -0.137. The molecular formula is C17H13F3N2O3S. The normalized spacial score (nSPS) is 12.2. The minimum atomic E-state index is -4.46. The first kappa shape index (κ1) is 18.0. The molecule has 0 atom stereocenters. The van der Waals surface area contributed by atoms with Crippen LogP contribution in [0.15, 0.2) is 64.0 Å². The fourth-order valence-electron chi connectivity index (χ4n) is 2.30. The van der Waals surface area contributed by atoms with Gasteiger partial charge in [0.05, 0.1) is 10.5 Å². The first-order valence-corrected chi connectivity index (χ1v) is 8.88. The molecule has 5 nitrogen and oxygen atoms in total. The summed E-state index contributed by atoms with van der Waals surface area (Å²) in [4.78, 5) is 0.0407. The van der Waals surface area contributed by atoms with E-state index >= 15 is 0 Å². The van der Waals surface area contributed by atoms with Crippen molar-refractivity contribution < 1.29 is 26.1 Å². The zero-order chi connectivity index (χ0) is 18.9. The van der Waals surface area contributed by atoms with Crippen LogP contribution in [0.2, 0.25) is 0 Å². The lowest BCUT2D eigenvalue weighted by Crippen LogP contribution is -2.13. The predicted molar refractivity (Wildman–Crippen MR) is 88.9 cm³/mol. The van der Waals surface area contributed by atoms with Gasteiger partial charge < -0.3 is 4.52 Å². The van der Waals surface area contributed by atoms with Gasteiger partial charge in [0.1, 0.15) is 11.4 Å². The molecular weight excluding hydrogens is 369 g/mol. The number of nitrogens with one attached hydrogen (secondary N) is 1. The zero-order valence-electron chi connectivity index (χ0n) is 13.4. The molecule has 3 rings (SSSR count). The van der Waals surface area contributed by atoms with Gasteiger partial charge in [0.15, 0.2) is 5.76 Å². The number of nitrogens with zero attached hydrogens (tertiary/aromatic N) is 1. The highest BCUT2D eigenvalue weighted by Crippen LogP contribution is 2.34. The van der Waals surface area contributed by atoms with Crippen molar-refractivity contribution >= 4 is 15.7 Å². The van der Waals surface area contributed by atoms with E-state index in [0.717, 1.165) is 12.1 Å². The van der Waals surface area contributed by atoms with Crippen LogP contribution in [0.1, 0.15) is 11.3 Å². The summed E-state index contributed by atoms with van der Waals surface area (Å²) >= 11 is 0. The molecule has 0 unspecified atom stereocenters. The molecule has 0 saturated carbocycles. The number of benzene rings is 2. The SMILES string of the molecule is Cc1onc(-c2ccc(C(F)(F)F)cc2)c1NS(=O)(=O)c1ccccc1. The maximum Gasteiger partial charge on any atom is 0.416 e. The lowest BCUT2D eigenvalue weighted by atomic mass is 10.1. The van der Waals surface area contributed by atoms with Gasteiger partial charge in [-0.05, 0) is 31.2 Å². The minimum Gasteiger partial charge on any atom is -0.359 e. The van der Waals surface area contributed by atoms with E-state index in [1.807, 2.05) is 0 Å². The first-order chi connectivity index (χ1) is 12.2. The molecule has 0 spiro atoms. The lowest BCUT2D eigenvalue weighted by Gasteiger charge is -2.09. The number of halogens is 3. The van der Waals surface area contributed by atoms with Crippen molar-refractivity contribution in [1.29, 1.82) is 0 Å². The Bertz CT molecular complexity index is 1010. The third kappa shape index (κ3) is 3.57. The quantitative estimate of drug-likeness (QED) is 0.723. The molecule has 9 heteroatoms. The predicted octanol–water partition coefficient (Wildman–Crippen LogP) is 4.47.